The molecule has 1 amide bonds. The molecule has 6 N–H and O–H groups in total. The summed E-state index contributed by atoms with van der Waals surface area (Å²) in [4.78, 5) is 48.6. The van der Waals surface area contributed by atoms with Crippen LogP contribution in [0.5, 0.6) is 5.75 Å². The monoisotopic (exact) mass is 492 g/mol. The Labute approximate surface area is 205 Å². The number of carbonyl (C=O) groups excluding carboxylic acids is 3. The van der Waals surface area contributed by atoms with Crippen molar-refractivity contribution in [3.8, 4) is 16.9 Å². The molecule has 0 fully saturated rings. The fraction of sp³-hybridized carbons (Fsp3) is 0.320. The highest BCUT2D eigenvalue weighted by molar-refractivity contribution is 6.24. The largest absolute Gasteiger partial charge is 0.510 e. The van der Waals surface area contributed by atoms with Crippen molar-refractivity contribution in [2.75, 3.05) is 14.1 Å². The number of nitrogens with zero attached hydrogens (tertiary/aromatic N) is 3. The van der Waals surface area contributed by atoms with E-state index in [2.05, 4.69) is 9.97 Å². The number of ketones is 2. The van der Waals surface area contributed by atoms with Gasteiger partial charge in [-0.25, -0.2) is 9.97 Å². The molecule has 3 aliphatic rings. The quantitative estimate of drug-likeness (QED) is 0.379. The van der Waals surface area contributed by atoms with Crippen molar-refractivity contribution in [2.24, 2.45) is 17.6 Å². The summed E-state index contributed by atoms with van der Waals surface area (Å²) in [7, 11) is 3.16. The summed E-state index contributed by atoms with van der Waals surface area (Å²) in [5.41, 5.74) is 3.34. The summed E-state index contributed by atoms with van der Waals surface area (Å²) >= 11 is 0. The van der Waals surface area contributed by atoms with Gasteiger partial charge >= 0.3 is 0 Å². The van der Waals surface area contributed by atoms with Gasteiger partial charge in [-0.1, -0.05) is 6.07 Å². The van der Waals surface area contributed by atoms with E-state index in [1.165, 1.54) is 17.3 Å². The number of allylic oxidation sites excluding steroid dienone is 1. The molecule has 1 aromatic heterocycles. The molecule has 0 saturated heterocycles. The Balaban J connectivity index is 1.73. The minimum Gasteiger partial charge on any atom is -0.510 e. The topological polar surface area (TPSA) is 187 Å². The van der Waals surface area contributed by atoms with Gasteiger partial charge < -0.3 is 26.2 Å². The van der Waals surface area contributed by atoms with Crippen molar-refractivity contribution in [3.63, 3.8) is 0 Å². The standard InChI is InChI=1S/C25H24N4O7/c1-29(2)19-14-6-10-5-13-12(11-7-27-9-28-8-11)3-4-15(30)17(13)20(31)16(10)22(33)25(14,36)23(34)18(21(19)32)24(26)35/h3-4,7-10,14,19,30,32-33,36H,5-6H2,1-2H3,(H2,26,35)/t10-,14-,19-,25-/m1/s1. The molecule has 1 heterocycles. The van der Waals surface area contributed by atoms with E-state index < -0.39 is 58.0 Å². The molecule has 4 atom stereocenters. The number of aromatic nitrogens is 2. The van der Waals surface area contributed by atoms with E-state index in [0.29, 0.717) is 16.7 Å². The molecule has 0 spiro atoms. The predicted molar refractivity (Wildman–Crippen MR) is 125 cm³/mol. The molecule has 3 aliphatic carbocycles. The Morgan fingerprint density at radius 1 is 1.14 bits per heavy atom. The minimum absolute atomic E-state index is 0.0200. The van der Waals surface area contributed by atoms with Crippen LogP contribution in [0.2, 0.25) is 0 Å². The first-order valence-electron chi connectivity index (χ1n) is 11.2. The minimum atomic E-state index is -2.66. The predicted octanol–water partition coefficient (Wildman–Crippen LogP) is 0.578. The lowest BCUT2D eigenvalue weighted by atomic mass is 9.58. The van der Waals surface area contributed by atoms with Crippen LogP contribution < -0.4 is 5.73 Å². The number of hydrogen-bond donors (Lipinski definition) is 5. The molecular formula is C25H24N4O7. The third kappa shape index (κ3) is 3.02. The number of aromatic hydroxyl groups is 1. The van der Waals surface area contributed by atoms with E-state index in [-0.39, 0.29) is 29.7 Å². The smallest absolute Gasteiger partial charge is 0.255 e. The Hall–Kier alpha value is -4.09. The van der Waals surface area contributed by atoms with E-state index in [4.69, 9.17) is 5.73 Å². The number of amides is 1. The average Bonchev–Trinajstić information content (AvgIpc) is 2.81. The highest BCUT2D eigenvalue weighted by Crippen LogP contribution is 2.53. The number of rotatable bonds is 3. The number of Topliss-reactive ketones (excluding diaryl/α,β-unsaturated/α-hetero) is 2. The number of hydrogen-bond acceptors (Lipinski definition) is 10. The van der Waals surface area contributed by atoms with Crippen LogP contribution in [0.4, 0.5) is 0 Å². The highest BCUT2D eigenvalue weighted by atomic mass is 16.3. The molecular weight excluding hydrogens is 468 g/mol. The second-order valence-corrected chi connectivity index (χ2v) is 9.58. The van der Waals surface area contributed by atoms with Crippen LogP contribution in [0.1, 0.15) is 22.3 Å². The molecule has 0 bridgehead atoms. The summed E-state index contributed by atoms with van der Waals surface area (Å²) in [6.07, 6.45) is 4.72. The number of aliphatic hydroxyl groups is 3. The maximum Gasteiger partial charge on any atom is 0.255 e. The fourth-order valence-corrected chi connectivity index (χ4v) is 5.96. The molecule has 1 aromatic carbocycles. The van der Waals surface area contributed by atoms with Gasteiger partial charge in [0.25, 0.3) is 5.91 Å². The number of aliphatic hydroxyl groups excluding tert-OH is 2. The van der Waals surface area contributed by atoms with Crippen LogP contribution in [-0.2, 0) is 16.0 Å². The van der Waals surface area contributed by atoms with Crippen molar-refractivity contribution in [2.45, 2.75) is 24.5 Å². The summed E-state index contributed by atoms with van der Waals surface area (Å²) in [5, 5.41) is 44.3. The second-order valence-electron chi connectivity index (χ2n) is 9.58. The lowest BCUT2D eigenvalue weighted by Gasteiger charge is -2.50. The SMILES string of the molecule is CN(C)[C@H]1C(O)=C(C(N)=O)C(=O)[C@]2(O)C(O)=C3C(=O)c4c(O)ccc(-c5cncnc5)c4C[C@@H]3C[C@H]12. The zero-order valence-corrected chi connectivity index (χ0v) is 19.5. The summed E-state index contributed by atoms with van der Waals surface area (Å²) < 4.78 is 0. The van der Waals surface area contributed by atoms with Crippen molar-refractivity contribution < 1.29 is 34.8 Å². The Kier molecular flexibility index (Phi) is 5.23. The zero-order chi connectivity index (χ0) is 26.1. The first kappa shape index (κ1) is 23.6. The summed E-state index contributed by atoms with van der Waals surface area (Å²) in [6.45, 7) is 0. The number of carbonyl (C=O) groups is 3. The Morgan fingerprint density at radius 2 is 1.81 bits per heavy atom. The van der Waals surface area contributed by atoms with Crippen LogP contribution in [0.15, 0.2) is 53.5 Å². The summed E-state index contributed by atoms with van der Waals surface area (Å²) in [5.74, 6) is -6.82. The third-order valence-electron chi connectivity index (χ3n) is 7.48. The Morgan fingerprint density at radius 3 is 2.42 bits per heavy atom. The van der Waals surface area contributed by atoms with Gasteiger partial charge in [-0.15, -0.1) is 0 Å². The zero-order valence-electron chi connectivity index (χ0n) is 19.5. The number of fused-ring (bicyclic) bond motifs is 3. The molecule has 186 valence electrons. The second kappa shape index (κ2) is 7.97. The van der Waals surface area contributed by atoms with Gasteiger partial charge in [0, 0.05) is 29.4 Å². The molecule has 0 unspecified atom stereocenters. The van der Waals surface area contributed by atoms with Crippen LogP contribution in [0.3, 0.4) is 0 Å². The van der Waals surface area contributed by atoms with Crippen molar-refractivity contribution >= 4 is 17.5 Å². The van der Waals surface area contributed by atoms with Gasteiger partial charge in [0.2, 0.25) is 5.78 Å². The lowest BCUT2D eigenvalue weighted by Crippen LogP contribution is -2.63. The van der Waals surface area contributed by atoms with Gasteiger partial charge in [0.05, 0.1) is 11.6 Å². The van der Waals surface area contributed by atoms with Crippen molar-refractivity contribution in [1.29, 1.82) is 0 Å². The van der Waals surface area contributed by atoms with Crippen LogP contribution >= 0.6 is 0 Å². The number of primary amides is 1. The fourth-order valence-electron chi connectivity index (χ4n) is 5.96. The van der Waals surface area contributed by atoms with Gasteiger partial charge in [-0.05, 0) is 50.0 Å². The van der Waals surface area contributed by atoms with E-state index in [0.717, 1.165) is 0 Å². The molecule has 11 nitrogen and oxygen atoms in total. The number of nitrogens with two attached hydrogens (primary N) is 1. The first-order chi connectivity index (χ1) is 17.0. The molecule has 36 heavy (non-hydrogen) atoms. The van der Waals surface area contributed by atoms with Crippen molar-refractivity contribution in [3.05, 3.63) is 64.6 Å². The maximum absolute atomic E-state index is 13.7. The number of phenols is 1. The Bertz CT molecular complexity index is 1400. The third-order valence-corrected chi connectivity index (χ3v) is 7.48. The van der Waals surface area contributed by atoms with Gasteiger partial charge in [-0.3, -0.25) is 19.3 Å². The summed E-state index contributed by atoms with van der Waals surface area (Å²) in [6, 6.07) is 1.95. The molecule has 2 aromatic rings. The van der Waals surface area contributed by atoms with Crippen LogP contribution in [0, 0.1) is 11.8 Å². The number of phenolic OH excluding ortho intramolecular Hbond substituents is 1. The highest BCUT2D eigenvalue weighted by Gasteiger charge is 2.63. The van der Waals surface area contributed by atoms with Crippen molar-refractivity contribution in [1.82, 2.24) is 14.9 Å². The maximum atomic E-state index is 13.7. The van der Waals surface area contributed by atoms with Gasteiger partial charge in [0.1, 0.15) is 29.2 Å². The number of likely N-dealkylation sites (N-methyl/N-ethyl adjacent to an activating group) is 1. The average molecular weight is 492 g/mol. The molecule has 5 rings (SSSR count). The van der Waals surface area contributed by atoms with E-state index in [1.54, 1.807) is 32.6 Å². The van der Waals surface area contributed by atoms with E-state index >= 15 is 0 Å². The van der Waals surface area contributed by atoms with Crippen LogP contribution in [0.25, 0.3) is 11.1 Å². The first-order valence-corrected chi connectivity index (χ1v) is 11.2. The van der Waals surface area contributed by atoms with Gasteiger partial charge in [-0.2, -0.15) is 0 Å². The normalized spacial score (nSPS) is 27.6. The van der Waals surface area contributed by atoms with Gasteiger partial charge in [0.15, 0.2) is 11.4 Å². The molecule has 0 aliphatic heterocycles. The number of benzene rings is 1. The molecule has 0 saturated carbocycles. The lowest BCUT2D eigenvalue weighted by molar-refractivity contribution is -0.148. The van der Waals surface area contributed by atoms with E-state index in [9.17, 15) is 34.8 Å². The van der Waals surface area contributed by atoms with E-state index in [1.807, 2.05) is 0 Å². The molecule has 11 heteroatoms. The molecule has 0 radical (unpaired) electrons. The van der Waals surface area contributed by atoms with Crippen LogP contribution in [-0.4, -0.2) is 78.5 Å².